The van der Waals surface area contributed by atoms with E-state index in [1.807, 2.05) is 43.3 Å². The molecule has 2 aromatic carbocycles. The fourth-order valence-corrected chi connectivity index (χ4v) is 2.68. The van der Waals surface area contributed by atoms with Crippen LogP contribution >= 0.6 is 23.2 Å². The van der Waals surface area contributed by atoms with Crippen LogP contribution in [0.4, 0.5) is 5.69 Å². The van der Waals surface area contributed by atoms with E-state index in [2.05, 4.69) is 15.4 Å². The highest BCUT2D eigenvalue weighted by Crippen LogP contribution is 2.25. The second-order valence-electron chi connectivity index (χ2n) is 5.28. The molecule has 0 aliphatic heterocycles. The first-order valence-electron chi connectivity index (χ1n) is 7.03. The standard InChI is InChI=1S/C16H15Cl2N5/c1-22(2)12-8-6-11(7-9-12)16-19-21-23(20-16)10-13-14(17)4-3-5-15(13)18/h3-9H,10H2,1-2H3. The van der Waals surface area contributed by atoms with Crippen LogP contribution in [0.1, 0.15) is 5.56 Å². The largest absolute Gasteiger partial charge is 0.378 e. The molecule has 23 heavy (non-hydrogen) atoms. The molecular weight excluding hydrogens is 333 g/mol. The zero-order valence-corrected chi connectivity index (χ0v) is 14.3. The van der Waals surface area contributed by atoms with Crippen molar-refractivity contribution < 1.29 is 0 Å². The predicted octanol–water partition coefficient (Wildman–Crippen LogP) is 3.76. The van der Waals surface area contributed by atoms with Crippen LogP contribution in [-0.2, 0) is 6.54 Å². The van der Waals surface area contributed by atoms with E-state index in [0.29, 0.717) is 22.4 Å². The first-order chi connectivity index (χ1) is 11.0. The van der Waals surface area contributed by atoms with Crippen molar-refractivity contribution >= 4 is 28.9 Å². The van der Waals surface area contributed by atoms with E-state index < -0.39 is 0 Å². The second kappa shape index (κ2) is 6.56. The second-order valence-corrected chi connectivity index (χ2v) is 6.10. The maximum Gasteiger partial charge on any atom is 0.204 e. The summed E-state index contributed by atoms with van der Waals surface area (Å²) in [5.74, 6) is 0.568. The summed E-state index contributed by atoms with van der Waals surface area (Å²) in [5, 5.41) is 13.7. The molecule has 5 nitrogen and oxygen atoms in total. The van der Waals surface area contributed by atoms with Crippen LogP contribution in [0.3, 0.4) is 0 Å². The summed E-state index contributed by atoms with van der Waals surface area (Å²) in [4.78, 5) is 3.52. The lowest BCUT2D eigenvalue weighted by Gasteiger charge is -2.11. The Morgan fingerprint density at radius 2 is 1.65 bits per heavy atom. The van der Waals surface area contributed by atoms with Crippen LogP contribution in [0.15, 0.2) is 42.5 Å². The Labute approximate surface area is 144 Å². The van der Waals surface area contributed by atoms with E-state index in [1.165, 1.54) is 4.80 Å². The van der Waals surface area contributed by atoms with Crippen molar-refractivity contribution in [1.82, 2.24) is 20.2 Å². The van der Waals surface area contributed by atoms with Gasteiger partial charge in [0.05, 0.1) is 6.54 Å². The highest BCUT2D eigenvalue weighted by molar-refractivity contribution is 6.35. The molecule has 1 heterocycles. The third-order valence-electron chi connectivity index (χ3n) is 3.46. The first-order valence-corrected chi connectivity index (χ1v) is 7.78. The third kappa shape index (κ3) is 3.46. The number of hydrogen-bond donors (Lipinski definition) is 0. The van der Waals surface area contributed by atoms with Crippen molar-refractivity contribution in [3.63, 3.8) is 0 Å². The summed E-state index contributed by atoms with van der Waals surface area (Å²) in [6, 6.07) is 13.4. The first kappa shape index (κ1) is 15.8. The highest BCUT2D eigenvalue weighted by Gasteiger charge is 2.10. The van der Waals surface area contributed by atoms with E-state index in [9.17, 15) is 0 Å². The minimum absolute atomic E-state index is 0.376. The lowest BCUT2D eigenvalue weighted by molar-refractivity contribution is 0.573. The Kier molecular flexibility index (Phi) is 4.50. The third-order valence-corrected chi connectivity index (χ3v) is 4.16. The van der Waals surface area contributed by atoms with E-state index in [0.717, 1.165) is 16.8 Å². The lowest BCUT2D eigenvalue weighted by Crippen LogP contribution is -2.08. The van der Waals surface area contributed by atoms with Gasteiger partial charge in [0.25, 0.3) is 0 Å². The predicted molar refractivity (Wildman–Crippen MR) is 93.1 cm³/mol. The number of rotatable bonds is 4. The molecule has 0 atom stereocenters. The van der Waals surface area contributed by atoms with Gasteiger partial charge in [-0.2, -0.15) is 4.80 Å². The molecule has 1 aromatic heterocycles. The minimum atomic E-state index is 0.376. The molecule has 0 radical (unpaired) electrons. The summed E-state index contributed by atoms with van der Waals surface area (Å²) < 4.78 is 0. The minimum Gasteiger partial charge on any atom is -0.378 e. The molecule has 0 bridgehead atoms. The Bertz CT molecular complexity index is 791. The van der Waals surface area contributed by atoms with Gasteiger partial charge in [-0.05, 0) is 41.6 Å². The summed E-state index contributed by atoms with van der Waals surface area (Å²) in [6.45, 7) is 0.376. The van der Waals surface area contributed by atoms with Crippen LogP contribution in [0.25, 0.3) is 11.4 Å². The van der Waals surface area contributed by atoms with Crippen molar-refractivity contribution in [3.05, 3.63) is 58.1 Å². The highest BCUT2D eigenvalue weighted by atomic mass is 35.5. The van der Waals surface area contributed by atoms with Gasteiger partial charge >= 0.3 is 0 Å². The number of hydrogen-bond acceptors (Lipinski definition) is 4. The number of anilines is 1. The molecule has 7 heteroatoms. The number of nitrogens with zero attached hydrogens (tertiary/aromatic N) is 5. The van der Waals surface area contributed by atoms with Gasteiger partial charge in [0, 0.05) is 41.0 Å². The Hall–Kier alpha value is -2.11. The number of benzene rings is 2. The molecule has 0 saturated heterocycles. The maximum absolute atomic E-state index is 6.17. The zero-order chi connectivity index (χ0) is 16.4. The fourth-order valence-electron chi connectivity index (χ4n) is 2.16. The molecule has 3 rings (SSSR count). The molecule has 118 valence electrons. The van der Waals surface area contributed by atoms with E-state index in [4.69, 9.17) is 23.2 Å². The molecule has 0 fully saturated rings. The molecule has 0 unspecified atom stereocenters. The van der Waals surface area contributed by atoms with Crippen molar-refractivity contribution in [1.29, 1.82) is 0 Å². The van der Waals surface area contributed by atoms with E-state index >= 15 is 0 Å². The number of halogens is 2. The van der Waals surface area contributed by atoms with Gasteiger partial charge in [-0.25, -0.2) is 0 Å². The van der Waals surface area contributed by atoms with Gasteiger partial charge < -0.3 is 4.90 Å². The van der Waals surface area contributed by atoms with Crippen LogP contribution < -0.4 is 4.90 Å². The van der Waals surface area contributed by atoms with Crippen molar-refractivity contribution in [2.45, 2.75) is 6.54 Å². The van der Waals surface area contributed by atoms with Gasteiger partial charge in [0.2, 0.25) is 5.82 Å². The van der Waals surface area contributed by atoms with Crippen LogP contribution in [0.2, 0.25) is 10.0 Å². The molecule has 3 aromatic rings. The average Bonchev–Trinajstić information content (AvgIpc) is 3.00. The summed E-state index contributed by atoms with van der Waals surface area (Å²) in [6.07, 6.45) is 0. The van der Waals surface area contributed by atoms with Crippen LogP contribution in [0, 0.1) is 0 Å². The Morgan fingerprint density at radius 3 is 2.26 bits per heavy atom. The van der Waals surface area contributed by atoms with Gasteiger partial charge in [0.1, 0.15) is 0 Å². The molecule has 0 aliphatic carbocycles. The normalized spacial score (nSPS) is 10.8. The quantitative estimate of drug-likeness (QED) is 0.720. The molecule has 0 aliphatic rings. The Morgan fingerprint density at radius 1 is 1.00 bits per heavy atom. The van der Waals surface area contributed by atoms with Crippen molar-refractivity contribution in [2.75, 3.05) is 19.0 Å². The smallest absolute Gasteiger partial charge is 0.204 e. The van der Waals surface area contributed by atoms with E-state index in [1.54, 1.807) is 18.2 Å². The molecule has 0 saturated carbocycles. The summed E-state index contributed by atoms with van der Waals surface area (Å²) in [5.41, 5.74) is 2.80. The van der Waals surface area contributed by atoms with Gasteiger partial charge in [-0.15, -0.1) is 10.2 Å². The van der Waals surface area contributed by atoms with Crippen molar-refractivity contribution in [2.24, 2.45) is 0 Å². The SMILES string of the molecule is CN(C)c1ccc(-c2nnn(Cc3c(Cl)cccc3Cl)n2)cc1. The average molecular weight is 348 g/mol. The van der Waals surface area contributed by atoms with Crippen LogP contribution in [-0.4, -0.2) is 34.3 Å². The van der Waals surface area contributed by atoms with Crippen molar-refractivity contribution in [3.8, 4) is 11.4 Å². The maximum atomic E-state index is 6.17. The number of tetrazole rings is 1. The Balaban J connectivity index is 1.83. The van der Waals surface area contributed by atoms with E-state index in [-0.39, 0.29) is 0 Å². The molecule has 0 N–H and O–H groups in total. The lowest BCUT2D eigenvalue weighted by atomic mass is 10.2. The fraction of sp³-hybridized carbons (Fsp3) is 0.188. The number of aromatic nitrogens is 4. The zero-order valence-electron chi connectivity index (χ0n) is 12.7. The van der Waals surface area contributed by atoms with Gasteiger partial charge in [-0.1, -0.05) is 29.3 Å². The summed E-state index contributed by atoms with van der Waals surface area (Å²) in [7, 11) is 3.99. The molecule has 0 amide bonds. The van der Waals surface area contributed by atoms with Gasteiger partial charge in [-0.3, -0.25) is 0 Å². The van der Waals surface area contributed by atoms with Crippen LogP contribution in [0.5, 0.6) is 0 Å². The molecular formula is C16H15Cl2N5. The summed E-state index contributed by atoms with van der Waals surface area (Å²) >= 11 is 12.3. The van der Waals surface area contributed by atoms with Gasteiger partial charge in [0.15, 0.2) is 0 Å². The topological polar surface area (TPSA) is 46.8 Å². The monoisotopic (exact) mass is 347 g/mol. The molecule has 0 spiro atoms.